The van der Waals surface area contributed by atoms with Crippen molar-refractivity contribution in [1.29, 1.82) is 0 Å². The number of pyridine rings is 1. The van der Waals surface area contributed by atoms with E-state index >= 15 is 0 Å². The average molecular weight is 444 g/mol. The predicted octanol–water partition coefficient (Wildman–Crippen LogP) is 3.19. The van der Waals surface area contributed by atoms with Gasteiger partial charge in [0.1, 0.15) is 5.60 Å². The van der Waals surface area contributed by atoms with E-state index in [4.69, 9.17) is 4.74 Å². The van der Waals surface area contributed by atoms with Gasteiger partial charge in [0.05, 0.1) is 4.90 Å². The highest BCUT2D eigenvalue weighted by molar-refractivity contribution is 9.10. The topological polar surface area (TPSA) is 97.4 Å². The molecule has 26 heavy (non-hydrogen) atoms. The minimum atomic E-state index is -3.69. The Balaban J connectivity index is 1.95. The number of sulfonamides is 1. The molecule has 0 saturated heterocycles. The van der Waals surface area contributed by atoms with Gasteiger partial charge in [0.2, 0.25) is 10.0 Å². The Morgan fingerprint density at radius 2 is 1.96 bits per heavy atom. The largest absolute Gasteiger partial charge is 0.444 e. The summed E-state index contributed by atoms with van der Waals surface area (Å²) in [5.74, 6) is 0. The van der Waals surface area contributed by atoms with E-state index in [2.05, 4.69) is 31.0 Å². The molecule has 9 heteroatoms. The number of fused-ring (bicyclic) bond motifs is 1. The zero-order valence-electron chi connectivity index (χ0n) is 14.9. The Morgan fingerprint density at radius 3 is 2.65 bits per heavy atom. The molecule has 2 rings (SSSR count). The molecule has 142 valence electrons. The van der Waals surface area contributed by atoms with Crippen LogP contribution in [0.4, 0.5) is 4.79 Å². The Bertz CT molecular complexity index is 889. The number of ether oxygens (including phenoxy) is 1. The number of carbonyl (C=O) groups excluding carboxylic acids is 1. The lowest BCUT2D eigenvalue weighted by Crippen LogP contribution is -2.34. The lowest BCUT2D eigenvalue weighted by molar-refractivity contribution is 0.0527. The quantitative estimate of drug-likeness (QED) is 0.667. The minimum absolute atomic E-state index is 0.185. The summed E-state index contributed by atoms with van der Waals surface area (Å²) in [7, 11) is -3.69. The second-order valence-corrected chi connectivity index (χ2v) is 9.25. The van der Waals surface area contributed by atoms with Gasteiger partial charge in [-0.3, -0.25) is 4.98 Å². The summed E-state index contributed by atoms with van der Waals surface area (Å²) in [6.07, 6.45) is 3.09. The fraction of sp³-hybridized carbons (Fsp3) is 0.412. The standard InChI is InChI=1S/C17H22BrN3O4S/c1-17(2,3)25-16(22)20-8-5-9-21-26(23,24)14-7-4-6-12-10-19-11-13(18)15(12)14/h4,6-7,10-11,21H,5,8-9H2,1-3H3,(H,20,22). The molecule has 1 aromatic carbocycles. The zero-order valence-corrected chi connectivity index (χ0v) is 17.3. The molecule has 0 spiro atoms. The SMILES string of the molecule is CC(C)(C)OC(=O)NCCCNS(=O)(=O)c1cccc2cncc(Br)c12. The van der Waals surface area contributed by atoms with E-state index in [1.807, 2.05) is 0 Å². The molecule has 0 saturated carbocycles. The van der Waals surface area contributed by atoms with Crippen molar-refractivity contribution in [2.45, 2.75) is 37.7 Å². The number of aromatic nitrogens is 1. The number of benzene rings is 1. The van der Waals surface area contributed by atoms with Crippen molar-refractivity contribution in [3.63, 3.8) is 0 Å². The van der Waals surface area contributed by atoms with E-state index in [0.717, 1.165) is 5.39 Å². The third-order valence-corrected chi connectivity index (χ3v) is 5.41. The van der Waals surface area contributed by atoms with Crippen LogP contribution in [0.25, 0.3) is 10.8 Å². The van der Waals surface area contributed by atoms with Crippen molar-refractivity contribution in [1.82, 2.24) is 15.0 Å². The van der Waals surface area contributed by atoms with E-state index in [1.165, 1.54) is 0 Å². The maximum Gasteiger partial charge on any atom is 0.407 e. The molecular weight excluding hydrogens is 422 g/mol. The van der Waals surface area contributed by atoms with Gasteiger partial charge in [-0.2, -0.15) is 0 Å². The highest BCUT2D eigenvalue weighted by Gasteiger charge is 2.19. The molecule has 2 N–H and O–H groups in total. The summed E-state index contributed by atoms with van der Waals surface area (Å²) in [5.41, 5.74) is -0.567. The third-order valence-electron chi connectivity index (χ3n) is 3.30. The number of rotatable bonds is 6. The van der Waals surface area contributed by atoms with Gasteiger partial charge in [0.25, 0.3) is 0 Å². The first kappa shape index (κ1) is 20.6. The van der Waals surface area contributed by atoms with E-state index in [-0.39, 0.29) is 11.4 Å². The fourth-order valence-electron chi connectivity index (χ4n) is 2.26. The van der Waals surface area contributed by atoms with E-state index < -0.39 is 21.7 Å². The normalized spacial score (nSPS) is 12.2. The Hall–Kier alpha value is -1.71. The smallest absolute Gasteiger partial charge is 0.407 e. The second-order valence-electron chi connectivity index (χ2n) is 6.66. The summed E-state index contributed by atoms with van der Waals surface area (Å²) in [6, 6.07) is 5.03. The molecule has 0 fully saturated rings. The first-order valence-corrected chi connectivity index (χ1v) is 10.4. The van der Waals surface area contributed by atoms with Crippen molar-refractivity contribution < 1.29 is 17.9 Å². The number of halogens is 1. The summed E-state index contributed by atoms with van der Waals surface area (Å²) >= 11 is 3.36. The van der Waals surface area contributed by atoms with Crippen LogP contribution < -0.4 is 10.0 Å². The van der Waals surface area contributed by atoms with Crippen LogP contribution in [0.2, 0.25) is 0 Å². The second kappa shape index (κ2) is 8.32. The van der Waals surface area contributed by atoms with Crippen molar-refractivity contribution in [2.75, 3.05) is 13.1 Å². The molecule has 0 bridgehead atoms. The van der Waals surface area contributed by atoms with Crippen LogP contribution in [0.3, 0.4) is 0 Å². The van der Waals surface area contributed by atoms with Gasteiger partial charge in [0, 0.05) is 40.7 Å². The highest BCUT2D eigenvalue weighted by atomic mass is 79.9. The van der Waals surface area contributed by atoms with Crippen LogP contribution in [-0.2, 0) is 14.8 Å². The van der Waals surface area contributed by atoms with E-state index in [1.54, 1.807) is 51.4 Å². The Morgan fingerprint density at radius 1 is 1.23 bits per heavy atom. The van der Waals surface area contributed by atoms with Gasteiger partial charge in [-0.05, 0) is 49.2 Å². The molecule has 0 aliphatic carbocycles. The van der Waals surface area contributed by atoms with Gasteiger partial charge in [-0.1, -0.05) is 12.1 Å². The molecule has 0 atom stereocenters. The molecule has 1 heterocycles. The number of nitrogens with zero attached hydrogens (tertiary/aromatic N) is 1. The molecule has 0 aliphatic heterocycles. The first-order chi connectivity index (χ1) is 12.1. The number of alkyl carbamates (subject to hydrolysis) is 1. The molecule has 1 amide bonds. The minimum Gasteiger partial charge on any atom is -0.444 e. The van der Waals surface area contributed by atoms with Gasteiger partial charge >= 0.3 is 6.09 Å². The molecule has 0 radical (unpaired) electrons. The highest BCUT2D eigenvalue weighted by Crippen LogP contribution is 2.29. The number of amides is 1. The van der Waals surface area contributed by atoms with Crippen molar-refractivity contribution in [3.8, 4) is 0 Å². The lowest BCUT2D eigenvalue weighted by atomic mass is 10.2. The van der Waals surface area contributed by atoms with Crippen LogP contribution in [0.5, 0.6) is 0 Å². The average Bonchev–Trinajstić information content (AvgIpc) is 2.52. The van der Waals surface area contributed by atoms with Crippen LogP contribution in [0.1, 0.15) is 27.2 Å². The van der Waals surface area contributed by atoms with Gasteiger partial charge in [-0.25, -0.2) is 17.9 Å². The zero-order chi connectivity index (χ0) is 19.4. The maximum absolute atomic E-state index is 12.6. The molecule has 7 nitrogen and oxygen atoms in total. The van der Waals surface area contributed by atoms with Crippen molar-refractivity contribution in [3.05, 3.63) is 35.1 Å². The summed E-state index contributed by atoms with van der Waals surface area (Å²) < 4.78 is 33.5. The maximum atomic E-state index is 12.6. The van der Waals surface area contributed by atoms with E-state index in [9.17, 15) is 13.2 Å². The van der Waals surface area contributed by atoms with Crippen molar-refractivity contribution >= 4 is 42.8 Å². The molecular formula is C17H22BrN3O4S. The van der Waals surface area contributed by atoms with Crippen LogP contribution in [0.15, 0.2) is 40.0 Å². The van der Waals surface area contributed by atoms with Crippen LogP contribution in [0, 0.1) is 0 Å². The van der Waals surface area contributed by atoms with Gasteiger partial charge in [0.15, 0.2) is 0 Å². The Labute approximate surface area is 161 Å². The summed E-state index contributed by atoms with van der Waals surface area (Å²) in [5, 5.41) is 3.91. The fourth-order valence-corrected chi connectivity index (χ4v) is 4.27. The predicted molar refractivity (Wildman–Crippen MR) is 103 cm³/mol. The van der Waals surface area contributed by atoms with Crippen LogP contribution >= 0.6 is 15.9 Å². The third kappa shape index (κ3) is 5.65. The molecule has 1 aromatic heterocycles. The van der Waals surface area contributed by atoms with Gasteiger partial charge < -0.3 is 10.1 Å². The summed E-state index contributed by atoms with van der Waals surface area (Å²) in [4.78, 5) is 15.8. The van der Waals surface area contributed by atoms with Crippen molar-refractivity contribution in [2.24, 2.45) is 0 Å². The lowest BCUT2D eigenvalue weighted by Gasteiger charge is -2.19. The molecule has 0 unspecified atom stereocenters. The number of carbonyl (C=O) groups is 1. The van der Waals surface area contributed by atoms with Gasteiger partial charge in [-0.15, -0.1) is 0 Å². The number of hydrogen-bond acceptors (Lipinski definition) is 5. The summed E-state index contributed by atoms with van der Waals surface area (Å²) in [6.45, 7) is 5.83. The first-order valence-electron chi connectivity index (χ1n) is 8.09. The molecule has 2 aromatic rings. The van der Waals surface area contributed by atoms with Crippen LogP contribution in [-0.4, -0.2) is 38.2 Å². The molecule has 0 aliphatic rings. The number of nitrogens with one attached hydrogen (secondary N) is 2. The monoisotopic (exact) mass is 443 g/mol. The Kier molecular flexibility index (Phi) is 6.59. The van der Waals surface area contributed by atoms with E-state index in [0.29, 0.717) is 22.8 Å². The number of hydrogen-bond donors (Lipinski definition) is 2.